The summed E-state index contributed by atoms with van der Waals surface area (Å²) in [5.41, 5.74) is 3.48. The van der Waals surface area contributed by atoms with Gasteiger partial charge in [0, 0.05) is 20.8 Å². The quantitative estimate of drug-likeness (QED) is 0.531. The minimum absolute atomic E-state index is 0.0184. The van der Waals surface area contributed by atoms with Crippen molar-refractivity contribution in [1.29, 1.82) is 0 Å². The molecule has 0 saturated heterocycles. The first-order valence-corrected chi connectivity index (χ1v) is 9.93. The fourth-order valence-electron chi connectivity index (χ4n) is 3.14. The van der Waals surface area contributed by atoms with Crippen molar-refractivity contribution in [3.05, 3.63) is 93.1 Å². The lowest BCUT2D eigenvalue weighted by Crippen LogP contribution is -2.24. The van der Waals surface area contributed by atoms with E-state index in [1.54, 1.807) is 18.3 Å². The molecule has 0 unspecified atom stereocenters. The first-order chi connectivity index (χ1) is 13.6. The minimum atomic E-state index is -0.0798. The molecule has 0 aliphatic heterocycles. The number of fused-ring (bicyclic) bond motifs is 1. The molecule has 4 rings (SSSR count). The van der Waals surface area contributed by atoms with Gasteiger partial charge in [-0.25, -0.2) is 0 Å². The van der Waals surface area contributed by atoms with Gasteiger partial charge in [0.05, 0.1) is 13.0 Å². The van der Waals surface area contributed by atoms with Crippen LogP contribution in [-0.2, 0) is 17.8 Å². The maximum Gasteiger partial charge on any atom is 0.251 e. The third-order valence-corrected chi connectivity index (χ3v) is 5.77. The molecular formula is C23H20N2O2S. The van der Waals surface area contributed by atoms with Gasteiger partial charge in [-0.3, -0.25) is 9.59 Å². The number of hydrogen-bond donors (Lipinski definition) is 2. The summed E-state index contributed by atoms with van der Waals surface area (Å²) in [6, 6.07) is 21.9. The van der Waals surface area contributed by atoms with E-state index in [1.807, 2.05) is 42.5 Å². The Balaban J connectivity index is 1.40. The molecular weight excluding hydrogens is 368 g/mol. The highest BCUT2D eigenvalue weighted by molar-refractivity contribution is 7.15. The Morgan fingerprint density at radius 2 is 1.86 bits per heavy atom. The van der Waals surface area contributed by atoms with E-state index in [2.05, 4.69) is 34.6 Å². The van der Waals surface area contributed by atoms with Crippen molar-refractivity contribution in [1.82, 2.24) is 10.3 Å². The van der Waals surface area contributed by atoms with Crippen LogP contribution in [0.2, 0.25) is 0 Å². The number of carbonyl (C=O) groups excluding carboxylic acids is 1. The number of thiophene rings is 1. The van der Waals surface area contributed by atoms with Crippen molar-refractivity contribution in [2.75, 3.05) is 0 Å². The number of hydrogen-bond acceptors (Lipinski definition) is 3. The molecule has 0 aliphatic rings. The maximum atomic E-state index is 12.4. The predicted octanol–water partition coefficient (Wildman–Crippen LogP) is 4.42. The number of aromatic nitrogens is 1. The second kappa shape index (κ2) is 7.82. The largest absolute Gasteiger partial charge is 0.351 e. The molecule has 0 spiro atoms. The minimum Gasteiger partial charge on any atom is -0.351 e. The zero-order valence-corrected chi connectivity index (χ0v) is 16.3. The van der Waals surface area contributed by atoms with Crippen LogP contribution in [0.4, 0.5) is 0 Å². The Hall–Kier alpha value is -3.18. The van der Waals surface area contributed by atoms with Crippen LogP contribution >= 0.6 is 11.3 Å². The summed E-state index contributed by atoms with van der Waals surface area (Å²) < 4.78 is 0. The van der Waals surface area contributed by atoms with Gasteiger partial charge < -0.3 is 10.3 Å². The zero-order valence-electron chi connectivity index (χ0n) is 15.5. The highest BCUT2D eigenvalue weighted by Crippen LogP contribution is 2.27. The Labute approximate surface area is 166 Å². The van der Waals surface area contributed by atoms with Crippen LogP contribution in [0.3, 0.4) is 0 Å². The lowest BCUT2D eigenvalue weighted by Gasteiger charge is -2.06. The van der Waals surface area contributed by atoms with E-state index < -0.39 is 0 Å². The van der Waals surface area contributed by atoms with Crippen LogP contribution in [0, 0.1) is 6.92 Å². The summed E-state index contributed by atoms with van der Waals surface area (Å²) in [5.74, 6) is -0.0184. The molecule has 4 aromatic rings. The summed E-state index contributed by atoms with van der Waals surface area (Å²) in [7, 11) is 0. The van der Waals surface area contributed by atoms with Crippen molar-refractivity contribution in [3.63, 3.8) is 0 Å². The molecule has 2 heterocycles. The predicted molar refractivity (Wildman–Crippen MR) is 115 cm³/mol. The molecule has 0 bridgehead atoms. The number of amides is 1. The molecule has 0 fully saturated rings. The van der Waals surface area contributed by atoms with Gasteiger partial charge in [0.2, 0.25) is 5.91 Å². The Bertz CT molecular complexity index is 1190. The number of H-pyrrole nitrogens is 1. The second-order valence-corrected chi connectivity index (χ2v) is 7.96. The first kappa shape index (κ1) is 18.2. The van der Waals surface area contributed by atoms with E-state index in [9.17, 15) is 9.59 Å². The van der Waals surface area contributed by atoms with Gasteiger partial charge in [-0.1, -0.05) is 36.4 Å². The van der Waals surface area contributed by atoms with E-state index in [0.717, 1.165) is 21.3 Å². The number of pyridine rings is 1. The monoisotopic (exact) mass is 388 g/mol. The number of benzene rings is 2. The normalized spacial score (nSPS) is 10.9. The van der Waals surface area contributed by atoms with Crippen LogP contribution in [0.5, 0.6) is 0 Å². The Morgan fingerprint density at radius 1 is 1.04 bits per heavy atom. The van der Waals surface area contributed by atoms with E-state index in [-0.39, 0.29) is 11.5 Å². The van der Waals surface area contributed by atoms with Gasteiger partial charge in [-0.2, -0.15) is 0 Å². The Morgan fingerprint density at radius 3 is 2.68 bits per heavy atom. The van der Waals surface area contributed by atoms with Gasteiger partial charge in [0.15, 0.2) is 0 Å². The Kier molecular flexibility index (Phi) is 5.08. The van der Waals surface area contributed by atoms with E-state index in [4.69, 9.17) is 0 Å². The van der Waals surface area contributed by atoms with Crippen molar-refractivity contribution in [3.8, 4) is 10.4 Å². The molecule has 1 amide bonds. The van der Waals surface area contributed by atoms with Gasteiger partial charge >= 0.3 is 0 Å². The molecule has 0 radical (unpaired) electrons. The molecule has 2 aromatic heterocycles. The zero-order chi connectivity index (χ0) is 19.5. The van der Waals surface area contributed by atoms with Gasteiger partial charge in [0.25, 0.3) is 5.56 Å². The average molecular weight is 388 g/mol. The highest BCUT2D eigenvalue weighted by Gasteiger charge is 2.07. The molecule has 140 valence electrons. The summed E-state index contributed by atoms with van der Waals surface area (Å²) in [6.45, 7) is 2.30. The average Bonchev–Trinajstić information content (AvgIpc) is 3.17. The maximum absolute atomic E-state index is 12.4. The van der Waals surface area contributed by atoms with Crippen LogP contribution in [0.1, 0.15) is 16.0 Å². The van der Waals surface area contributed by atoms with Crippen LogP contribution in [0.15, 0.2) is 71.5 Å². The van der Waals surface area contributed by atoms with Crippen LogP contribution in [-0.4, -0.2) is 10.9 Å². The molecule has 5 heteroatoms. The molecule has 0 saturated carbocycles. The fourth-order valence-corrected chi connectivity index (χ4v) is 4.09. The second-order valence-electron chi connectivity index (χ2n) is 6.79. The van der Waals surface area contributed by atoms with Crippen molar-refractivity contribution in [2.24, 2.45) is 0 Å². The number of nitrogens with one attached hydrogen (secondary N) is 2. The van der Waals surface area contributed by atoms with E-state index >= 15 is 0 Å². The summed E-state index contributed by atoms with van der Waals surface area (Å²) in [6.07, 6.45) is 0.311. The van der Waals surface area contributed by atoms with E-state index in [0.29, 0.717) is 18.5 Å². The number of carbonyl (C=O) groups is 1. The van der Waals surface area contributed by atoms with E-state index in [1.165, 1.54) is 10.4 Å². The highest BCUT2D eigenvalue weighted by atomic mass is 32.1. The van der Waals surface area contributed by atoms with Crippen molar-refractivity contribution >= 4 is 28.1 Å². The molecule has 0 aliphatic carbocycles. The summed E-state index contributed by atoms with van der Waals surface area (Å²) >= 11 is 1.69. The molecule has 4 nitrogen and oxygen atoms in total. The summed E-state index contributed by atoms with van der Waals surface area (Å²) in [4.78, 5) is 29.2. The van der Waals surface area contributed by atoms with Gasteiger partial charge in [-0.05, 0) is 53.8 Å². The first-order valence-electron chi connectivity index (χ1n) is 9.12. The SMILES string of the molecule is Cc1cc2cc(CC(=O)NCc3ccc(-c4ccccc4)s3)ccc2[nH]c1=O. The lowest BCUT2D eigenvalue weighted by atomic mass is 10.1. The molecule has 28 heavy (non-hydrogen) atoms. The topological polar surface area (TPSA) is 62.0 Å². The standard InChI is InChI=1S/C23H20N2O2S/c1-15-11-18-12-16(7-9-20(18)25-23(15)27)13-22(26)24-14-19-8-10-21(28-19)17-5-3-2-4-6-17/h2-12H,13-14H2,1H3,(H,24,26)(H,25,27). The molecule has 2 aromatic carbocycles. The lowest BCUT2D eigenvalue weighted by molar-refractivity contribution is -0.120. The van der Waals surface area contributed by atoms with Gasteiger partial charge in [0.1, 0.15) is 0 Å². The number of aryl methyl sites for hydroxylation is 1. The fraction of sp³-hybridized carbons (Fsp3) is 0.130. The molecule has 2 N–H and O–H groups in total. The van der Waals surface area contributed by atoms with Crippen LogP contribution < -0.4 is 10.9 Å². The van der Waals surface area contributed by atoms with Crippen LogP contribution in [0.25, 0.3) is 21.3 Å². The van der Waals surface area contributed by atoms with Crippen molar-refractivity contribution < 1.29 is 4.79 Å². The smallest absolute Gasteiger partial charge is 0.251 e. The molecule has 0 atom stereocenters. The third kappa shape index (κ3) is 4.05. The number of rotatable bonds is 5. The third-order valence-electron chi connectivity index (χ3n) is 4.64. The number of aromatic amines is 1. The summed E-state index contributed by atoms with van der Waals surface area (Å²) in [5, 5.41) is 3.93. The van der Waals surface area contributed by atoms with Gasteiger partial charge in [-0.15, -0.1) is 11.3 Å². The van der Waals surface area contributed by atoms with Crippen molar-refractivity contribution in [2.45, 2.75) is 19.9 Å².